The lowest BCUT2D eigenvalue weighted by atomic mass is 9.95. The van der Waals surface area contributed by atoms with Crippen LogP contribution in [0.5, 0.6) is 5.75 Å². The van der Waals surface area contributed by atoms with Gasteiger partial charge < -0.3 is 9.26 Å². The Morgan fingerprint density at radius 2 is 1.81 bits per heavy atom. The van der Waals surface area contributed by atoms with E-state index in [1.807, 2.05) is 16.8 Å². The summed E-state index contributed by atoms with van der Waals surface area (Å²) in [5.74, 6) is -0.0194. The fourth-order valence-corrected chi connectivity index (χ4v) is 4.20. The molecule has 0 bridgehead atoms. The molecule has 5 rings (SSSR count). The van der Waals surface area contributed by atoms with Crippen LogP contribution in [-0.2, 0) is 6.18 Å². The van der Waals surface area contributed by atoms with E-state index in [2.05, 4.69) is 20.5 Å². The first-order valence-electron chi connectivity index (χ1n) is 10.4. The highest BCUT2D eigenvalue weighted by Gasteiger charge is 2.35. The Kier molecular flexibility index (Phi) is 5.07. The maximum absolute atomic E-state index is 13.3. The van der Waals surface area contributed by atoms with Crippen LogP contribution in [0.25, 0.3) is 33.9 Å². The zero-order valence-electron chi connectivity index (χ0n) is 17.3. The van der Waals surface area contributed by atoms with Crippen LogP contribution in [0.2, 0.25) is 0 Å². The van der Waals surface area contributed by atoms with Gasteiger partial charge in [0.1, 0.15) is 11.3 Å². The number of rotatable bonds is 4. The van der Waals surface area contributed by atoms with Crippen LogP contribution in [0.3, 0.4) is 0 Å². The van der Waals surface area contributed by atoms with Crippen molar-refractivity contribution in [2.24, 2.45) is 0 Å². The highest BCUT2D eigenvalue weighted by atomic mass is 19.4. The number of alkyl halides is 3. The number of halogens is 3. The van der Waals surface area contributed by atoms with Gasteiger partial charge in [0.05, 0.1) is 24.2 Å². The third-order valence-corrected chi connectivity index (χ3v) is 5.83. The number of hydrogen-bond donors (Lipinski definition) is 0. The summed E-state index contributed by atoms with van der Waals surface area (Å²) in [7, 11) is 1.19. The highest BCUT2D eigenvalue weighted by Crippen LogP contribution is 2.38. The average molecular weight is 443 g/mol. The Bertz CT molecular complexity index is 1260. The van der Waals surface area contributed by atoms with Crippen molar-refractivity contribution in [2.45, 2.75) is 44.3 Å². The number of fused-ring (bicyclic) bond motifs is 1. The molecule has 0 unspecified atom stereocenters. The van der Waals surface area contributed by atoms with Gasteiger partial charge in [-0.1, -0.05) is 29.6 Å². The number of aromatic nitrogens is 5. The number of ether oxygens (including phenoxy) is 1. The zero-order valence-corrected chi connectivity index (χ0v) is 17.3. The maximum Gasteiger partial charge on any atom is 0.419 e. The van der Waals surface area contributed by atoms with Crippen LogP contribution < -0.4 is 4.74 Å². The lowest BCUT2D eigenvalue weighted by molar-refractivity contribution is -0.138. The fraction of sp³-hybridized carbons (Fsp3) is 0.364. The molecule has 1 aliphatic rings. The minimum absolute atomic E-state index is 0.0547. The van der Waals surface area contributed by atoms with Gasteiger partial charge in [0.25, 0.3) is 5.89 Å². The van der Waals surface area contributed by atoms with E-state index in [1.165, 1.54) is 38.5 Å². The molecule has 2 heterocycles. The second kappa shape index (κ2) is 7.92. The Hall–Kier alpha value is -3.43. The number of nitrogens with zero attached hydrogens (tertiary/aromatic N) is 5. The van der Waals surface area contributed by atoms with Crippen molar-refractivity contribution in [2.75, 3.05) is 7.11 Å². The summed E-state index contributed by atoms with van der Waals surface area (Å²) in [6.45, 7) is 0. The fourth-order valence-electron chi connectivity index (χ4n) is 4.20. The number of methoxy groups -OCH3 is 1. The van der Waals surface area contributed by atoms with Crippen LogP contribution in [0.1, 0.15) is 43.7 Å². The molecule has 2 aromatic heterocycles. The van der Waals surface area contributed by atoms with E-state index in [-0.39, 0.29) is 23.0 Å². The van der Waals surface area contributed by atoms with E-state index in [0.717, 1.165) is 24.4 Å². The monoisotopic (exact) mass is 443 g/mol. The summed E-state index contributed by atoms with van der Waals surface area (Å²) >= 11 is 0. The first-order chi connectivity index (χ1) is 15.4. The number of benzene rings is 2. The van der Waals surface area contributed by atoms with Gasteiger partial charge in [-0.15, -0.1) is 5.10 Å². The largest absolute Gasteiger partial charge is 0.496 e. The van der Waals surface area contributed by atoms with E-state index in [9.17, 15) is 13.2 Å². The van der Waals surface area contributed by atoms with E-state index in [1.54, 1.807) is 6.07 Å². The first-order valence-corrected chi connectivity index (χ1v) is 10.4. The van der Waals surface area contributed by atoms with E-state index in [0.29, 0.717) is 17.1 Å². The van der Waals surface area contributed by atoms with Crippen molar-refractivity contribution >= 4 is 11.0 Å². The third-order valence-electron chi connectivity index (χ3n) is 5.83. The molecule has 0 saturated heterocycles. The molecular weight excluding hydrogens is 423 g/mol. The molecule has 0 radical (unpaired) electrons. The molecule has 0 atom stereocenters. The molecule has 0 amide bonds. The molecule has 10 heteroatoms. The smallest absolute Gasteiger partial charge is 0.419 e. The lowest BCUT2D eigenvalue weighted by Crippen LogP contribution is -2.14. The Morgan fingerprint density at radius 1 is 1.03 bits per heavy atom. The molecule has 2 aromatic carbocycles. The van der Waals surface area contributed by atoms with E-state index >= 15 is 0 Å². The summed E-state index contributed by atoms with van der Waals surface area (Å²) in [4.78, 5) is 4.29. The second-order valence-corrected chi connectivity index (χ2v) is 7.87. The zero-order chi connectivity index (χ0) is 22.3. The minimum Gasteiger partial charge on any atom is -0.496 e. The molecule has 0 N–H and O–H groups in total. The van der Waals surface area contributed by atoms with Gasteiger partial charge in [0.15, 0.2) is 0 Å². The third kappa shape index (κ3) is 3.69. The van der Waals surface area contributed by atoms with Gasteiger partial charge in [-0.05, 0) is 49.2 Å². The molecule has 1 saturated carbocycles. The topological polar surface area (TPSA) is 78.9 Å². The Labute approximate surface area is 181 Å². The van der Waals surface area contributed by atoms with Crippen molar-refractivity contribution in [1.29, 1.82) is 0 Å². The minimum atomic E-state index is -4.57. The molecule has 7 nitrogen and oxygen atoms in total. The molecule has 1 fully saturated rings. The number of hydrogen-bond acceptors (Lipinski definition) is 6. The summed E-state index contributed by atoms with van der Waals surface area (Å²) in [6.07, 6.45) is 1.26. The predicted molar refractivity (Wildman–Crippen MR) is 110 cm³/mol. The predicted octanol–water partition coefficient (Wildman–Crippen LogP) is 5.68. The van der Waals surface area contributed by atoms with Gasteiger partial charge in [0.2, 0.25) is 5.82 Å². The normalized spacial score (nSPS) is 15.4. The van der Waals surface area contributed by atoms with Crippen LogP contribution in [-0.4, -0.2) is 32.2 Å². The van der Waals surface area contributed by atoms with Crippen molar-refractivity contribution in [3.63, 3.8) is 0 Å². The maximum atomic E-state index is 13.3. The summed E-state index contributed by atoms with van der Waals surface area (Å²) in [5, 5.41) is 12.5. The van der Waals surface area contributed by atoms with Gasteiger partial charge in [0, 0.05) is 11.1 Å². The molecule has 0 spiro atoms. The van der Waals surface area contributed by atoms with Crippen molar-refractivity contribution in [3.05, 3.63) is 42.0 Å². The van der Waals surface area contributed by atoms with Crippen LogP contribution in [0.4, 0.5) is 13.2 Å². The first kappa shape index (κ1) is 20.5. The van der Waals surface area contributed by atoms with Crippen molar-refractivity contribution in [1.82, 2.24) is 25.1 Å². The average Bonchev–Trinajstić information content (AvgIpc) is 3.46. The van der Waals surface area contributed by atoms with Crippen LogP contribution >= 0.6 is 0 Å². The van der Waals surface area contributed by atoms with E-state index < -0.39 is 11.7 Å². The quantitative estimate of drug-likeness (QED) is 0.404. The van der Waals surface area contributed by atoms with Crippen molar-refractivity contribution in [3.8, 4) is 28.6 Å². The standard InChI is InChI=1S/C22H20F3N5O2/c1-31-19-10-8-13(11-16(19)22(23,24)25)20-26-21(32-28-20)14-7-9-18-17(12-14)27-29-30(18)15-5-3-2-4-6-15/h7-12,15H,2-6H2,1H3. The molecule has 32 heavy (non-hydrogen) atoms. The summed E-state index contributed by atoms with van der Waals surface area (Å²) in [5.41, 5.74) is 1.54. The summed E-state index contributed by atoms with van der Waals surface area (Å²) < 4.78 is 52.1. The molecule has 1 aliphatic carbocycles. The van der Waals surface area contributed by atoms with Crippen LogP contribution in [0.15, 0.2) is 40.9 Å². The van der Waals surface area contributed by atoms with Crippen molar-refractivity contribution < 1.29 is 22.4 Å². The molecule has 4 aromatic rings. The molecule has 166 valence electrons. The summed E-state index contributed by atoms with van der Waals surface area (Å²) in [6, 6.07) is 9.55. The van der Waals surface area contributed by atoms with Crippen LogP contribution in [0, 0.1) is 0 Å². The molecular formula is C22H20F3N5O2. The molecule has 0 aliphatic heterocycles. The van der Waals surface area contributed by atoms with Gasteiger partial charge in [-0.3, -0.25) is 0 Å². The van der Waals surface area contributed by atoms with Gasteiger partial charge in [-0.25, -0.2) is 4.68 Å². The highest BCUT2D eigenvalue weighted by molar-refractivity contribution is 5.80. The van der Waals surface area contributed by atoms with E-state index in [4.69, 9.17) is 9.26 Å². The lowest BCUT2D eigenvalue weighted by Gasteiger charge is -2.21. The van der Waals surface area contributed by atoms with Gasteiger partial charge in [-0.2, -0.15) is 18.2 Å². The Balaban J connectivity index is 1.46. The second-order valence-electron chi connectivity index (χ2n) is 7.87. The Morgan fingerprint density at radius 3 is 2.56 bits per heavy atom. The van der Waals surface area contributed by atoms with Gasteiger partial charge >= 0.3 is 6.18 Å². The SMILES string of the molecule is COc1ccc(-c2noc(-c3ccc4c(c3)nnn4C3CCCCC3)n2)cc1C(F)(F)F.